The van der Waals surface area contributed by atoms with Crippen molar-refractivity contribution in [2.75, 3.05) is 5.32 Å². The highest BCUT2D eigenvalue weighted by Gasteiger charge is 2.09. The van der Waals surface area contributed by atoms with E-state index in [1.165, 1.54) is 11.1 Å². The fourth-order valence-corrected chi connectivity index (χ4v) is 2.99. The Hall–Kier alpha value is -4.46. The molecule has 162 valence electrons. The van der Waals surface area contributed by atoms with Crippen LogP contribution in [0.15, 0.2) is 85.3 Å². The summed E-state index contributed by atoms with van der Waals surface area (Å²) in [6.45, 7) is 0.699. The van der Waals surface area contributed by atoms with Gasteiger partial charge in [0.15, 0.2) is 0 Å². The van der Waals surface area contributed by atoms with E-state index in [2.05, 4.69) is 68.4 Å². The second kappa shape index (κ2) is 10.5. The Morgan fingerprint density at radius 3 is 2.06 bits per heavy atom. The Balaban J connectivity index is 0.000000427. The lowest BCUT2D eigenvalue weighted by Crippen LogP contribution is -2.09. The first-order valence-corrected chi connectivity index (χ1v) is 9.72. The molecule has 0 atom stereocenters. The van der Waals surface area contributed by atoms with E-state index in [4.69, 9.17) is 19.8 Å². The smallest absolute Gasteiger partial charge is 0.414 e. The third-order valence-corrected chi connectivity index (χ3v) is 4.63. The van der Waals surface area contributed by atoms with Gasteiger partial charge in [0.1, 0.15) is 0 Å². The fraction of sp³-hybridized carbons (Fsp3) is 0.0833. The molecule has 0 amide bonds. The zero-order valence-corrected chi connectivity index (χ0v) is 17.3. The van der Waals surface area contributed by atoms with Crippen LogP contribution in [0.5, 0.6) is 0 Å². The van der Waals surface area contributed by atoms with Gasteiger partial charge in [0.2, 0.25) is 5.95 Å². The fourth-order valence-electron chi connectivity index (χ4n) is 2.99. The van der Waals surface area contributed by atoms with Gasteiger partial charge < -0.3 is 20.1 Å². The number of carboxylic acid groups (broad SMARTS) is 2. The number of benzene rings is 2. The van der Waals surface area contributed by atoms with E-state index in [0.29, 0.717) is 6.54 Å². The molecule has 0 aliphatic heterocycles. The van der Waals surface area contributed by atoms with E-state index >= 15 is 0 Å². The van der Waals surface area contributed by atoms with Crippen molar-refractivity contribution in [2.45, 2.75) is 6.54 Å². The number of imidazole rings is 1. The summed E-state index contributed by atoms with van der Waals surface area (Å²) in [6.07, 6.45) is 5.55. The Morgan fingerprint density at radius 2 is 1.47 bits per heavy atom. The monoisotopic (exact) mass is 430 g/mol. The third kappa shape index (κ3) is 5.79. The van der Waals surface area contributed by atoms with Crippen LogP contribution in [-0.2, 0) is 23.2 Å². The molecule has 8 nitrogen and oxygen atoms in total. The molecular formula is C24H22N4O4. The SMILES string of the molecule is Cn1c(-c2ccc(-c3ccccc3)cc2)cnc1NCc1cccnc1.O=C(O)C(=O)O. The molecule has 0 saturated carbocycles. The maximum Gasteiger partial charge on any atom is 0.414 e. The molecule has 8 heteroatoms. The summed E-state index contributed by atoms with van der Waals surface area (Å²) >= 11 is 0. The maximum atomic E-state index is 9.10. The number of carboxylic acids is 2. The predicted octanol–water partition coefficient (Wildman–Crippen LogP) is 3.92. The highest BCUT2D eigenvalue weighted by atomic mass is 16.4. The number of hydrogen-bond acceptors (Lipinski definition) is 5. The number of aliphatic carboxylic acids is 2. The summed E-state index contributed by atoms with van der Waals surface area (Å²) in [7, 11) is 2.03. The normalized spacial score (nSPS) is 10.0. The van der Waals surface area contributed by atoms with Gasteiger partial charge in [0.25, 0.3) is 0 Å². The largest absolute Gasteiger partial charge is 0.473 e. The van der Waals surface area contributed by atoms with Gasteiger partial charge in [-0.2, -0.15) is 0 Å². The van der Waals surface area contributed by atoms with Gasteiger partial charge in [-0.15, -0.1) is 0 Å². The van der Waals surface area contributed by atoms with E-state index in [9.17, 15) is 0 Å². The van der Waals surface area contributed by atoms with Crippen LogP contribution in [0.1, 0.15) is 5.56 Å². The number of nitrogens with zero attached hydrogens (tertiary/aromatic N) is 3. The zero-order valence-electron chi connectivity index (χ0n) is 17.3. The summed E-state index contributed by atoms with van der Waals surface area (Å²) in [5.74, 6) is -2.80. The van der Waals surface area contributed by atoms with E-state index in [0.717, 1.165) is 22.8 Å². The third-order valence-electron chi connectivity index (χ3n) is 4.63. The Kier molecular flexibility index (Phi) is 7.32. The lowest BCUT2D eigenvalue weighted by molar-refractivity contribution is -0.159. The summed E-state index contributed by atoms with van der Waals surface area (Å²) < 4.78 is 2.08. The topological polar surface area (TPSA) is 117 Å². The number of pyridine rings is 1. The molecular weight excluding hydrogens is 408 g/mol. The standard InChI is InChI=1S/C22H20N4.C2H2O4/c1-26-21(16-25-22(26)24-15-17-6-5-13-23-14-17)20-11-9-19(10-12-20)18-7-3-2-4-8-18;3-1(4)2(5)6/h2-14,16H,15H2,1H3,(H,24,25);(H,3,4)(H,5,6). The molecule has 0 unspecified atom stereocenters. The molecule has 4 rings (SSSR count). The molecule has 0 spiro atoms. The number of rotatable bonds is 5. The zero-order chi connectivity index (χ0) is 22.9. The first-order valence-electron chi connectivity index (χ1n) is 9.72. The summed E-state index contributed by atoms with van der Waals surface area (Å²) in [5, 5.41) is 18.2. The number of hydrogen-bond donors (Lipinski definition) is 3. The molecule has 3 N–H and O–H groups in total. The highest BCUT2D eigenvalue weighted by Crippen LogP contribution is 2.26. The second-order valence-corrected chi connectivity index (χ2v) is 6.79. The lowest BCUT2D eigenvalue weighted by atomic mass is 10.0. The van der Waals surface area contributed by atoms with Gasteiger partial charge in [-0.25, -0.2) is 14.6 Å². The van der Waals surface area contributed by atoms with Gasteiger partial charge in [0, 0.05) is 26.0 Å². The summed E-state index contributed by atoms with van der Waals surface area (Å²) in [6, 6.07) is 23.0. The Morgan fingerprint density at radius 1 is 0.844 bits per heavy atom. The van der Waals surface area contributed by atoms with Crippen molar-refractivity contribution < 1.29 is 19.8 Å². The van der Waals surface area contributed by atoms with Crippen LogP contribution >= 0.6 is 0 Å². The van der Waals surface area contributed by atoms with Crippen molar-refractivity contribution in [2.24, 2.45) is 7.05 Å². The van der Waals surface area contributed by atoms with Crippen LogP contribution < -0.4 is 5.32 Å². The first kappa shape index (κ1) is 22.2. The minimum absolute atomic E-state index is 0.699. The second-order valence-electron chi connectivity index (χ2n) is 6.79. The van der Waals surface area contributed by atoms with Gasteiger partial charge in [-0.05, 0) is 28.3 Å². The van der Waals surface area contributed by atoms with E-state index < -0.39 is 11.9 Å². The molecule has 0 fully saturated rings. The summed E-state index contributed by atoms with van der Waals surface area (Å²) in [5.41, 5.74) is 5.80. The van der Waals surface area contributed by atoms with Crippen molar-refractivity contribution in [3.05, 3.63) is 90.9 Å². The molecule has 0 bridgehead atoms. The summed E-state index contributed by atoms with van der Waals surface area (Å²) in [4.78, 5) is 26.9. The van der Waals surface area contributed by atoms with Crippen LogP contribution in [0, 0.1) is 0 Å². The molecule has 32 heavy (non-hydrogen) atoms. The van der Waals surface area contributed by atoms with Crippen LogP contribution in [0.3, 0.4) is 0 Å². The average Bonchev–Trinajstić information content (AvgIpc) is 3.19. The first-order chi connectivity index (χ1) is 15.5. The number of anilines is 1. The number of carbonyl (C=O) groups is 2. The van der Waals surface area contributed by atoms with Gasteiger partial charge in [0.05, 0.1) is 11.9 Å². The van der Waals surface area contributed by atoms with Crippen LogP contribution in [0.2, 0.25) is 0 Å². The molecule has 0 saturated heterocycles. The molecule has 2 aromatic heterocycles. The van der Waals surface area contributed by atoms with Crippen LogP contribution in [0.25, 0.3) is 22.4 Å². The number of aromatic nitrogens is 3. The van der Waals surface area contributed by atoms with Gasteiger partial charge in [-0.1, -0.05) is 60.7 Å². The lowest BCUT2D eigenvalue weighted by Gasteiger charge is -2.09. The number of nitrogens with one attached hydrogen (secondary N) is 1. The minimum atomic E-state index is -1.82. The average molecular weight is 430 g/mol. The molecule has 0 radical (unpaired) electrons. The minimum Gasteiger partial charge on any atom is -0.473 e. The van der Waals surface area contributed by atoms with Crippen molar-refractivity contribution in [1.29, 1.82) is 0 Å². The Bertz CT molecular complexity index is 1160. The predicted molar refractivity (Wildman–Crippen MR) is 121 cm³/mol. The van der Waals surface area contributed by atoms with Crippen molar-refractivity contribution in [3.8, 4) is 22.4 Å². The van der Waals surface area contributed by atoms with Crippen molar-refractivity contribution in [3.63, 3.8) is 0 Å². The molecule has 0 aliphatic rings. The highest BCUT2D eigenvalue weighted by molar-refractivity contribution is 6.27. The maximum absolute atomic E-state index is 9.10. The van der Waals surface area contributed by atoms with Gasteiger partial charge >= 0.3 is 11.9 Å². The Labute approximate surface area is 184 Å². The van der Waals surface area contributed by atoms with Gasteiger partial charge in [-0.3, -0.25) is 4.98 Å². The van der Waals surface area contributed by atoms with Crippen LogP contribution in [0.4, 0.5) is 5.95 Å². The van der Waals surface area contributed by atoms with Crippen molar-refractivity contribution >= 4 is 17.9 Å². The molecule has 2 aromatic carbocycles. The quantitative estimate of drug-likeness (QED) is 0.411. The molecule has 2 heterocycles. The van der Waals surface area contributed by atoms with E-state index in [1.807, 2.05) is 37.6 Å². The van der Waals surface area contributed by atoms with Crippen LogP contribution in [-0.4, -0.2) is 36.7 Å². The van der Waals surface area contributed by atoms with E-state index in [1.54, 1.807) is 6.20 Å². The molecule has 0 aliphatic carbocycles. The van der Waals surface area contributed by atoms with E-state index in [-0.39, 0.29) is 0 Å². The van der Waals surface area contributed by atoms with Crippen molar-refractivity contribution in [1.82, 2.24) is 14.5 Å². The molecule has 4 aromatic rings.